The molecule has 3 saturated heterocycles. The molecule has 0 radical (unpaired) electrons. The quantitative estimate of drug-likeness (QED) is 0.404. The highest BCUT2D eigenvalue weighted by atomic mass is 16.6. The van der Waals surface area contributed by atoms with E-state index in [0.717, 1.165) is 0 Å². The van der Waals surface area contributed by atoms with E-state index < -0.39 is 46.6 Å². The van der Waals surface area contributed by atoms with E-state index >= 15 is 0 Å². The van der Waals surface area contributed by atoms with E-state index in [4.69, 9.17) is 9.47 Å². The fourth-order valence-corrected chi connectivity index (χ4v) is 6.42. The summed E-state index contributed by atoms with van der Waals surface area (Å²) in [6, 6.07) is -1.48. The van der Waals surface area contributed by atoms with Gasteiger partial charge in [-0.05, 0) is 59.8 Å². The molecule has 192 valence electrons. The molecule has 8 nitrogen and oxygen atoms in total. The van der Waals surface area contributed by atoms with Crippen molar-refractivity contribution in [2.45, 2.75) is 96.6 Å². The first-order valence-electron chi connectivity index (χ1n) is 12.5. The van der Waals surface area contributed by atoms with Gasteiger partial charge in [0.15, 0.2) is 0 Å². The van der Waals surface area contributed by atoms with Crippen molar-refractivity contribution in [1.29, 1.82) is 0 Å². The standard InChI is InChI=1S/C26H42N2O6/c1-9-13-27(24(5,6)7)22(31)20-26-12-11-25(8,34-26)19(23(32)33-10-2)18(26)21(30)28(20)17(15-29)14-16(3)4/h9,16-20,29H,1,10-15H2,2-8H3/t17-,18+,19+,20?,25-,26?/m1/s1. The highest BCUT2D eigenvalue weighted by Crippen LogP contribution is 2.64. The molecule has 3 heterocycles. The highest BCUT2D eigenvalue weighted by Gasteiger charge is 2.79. The van der Waals surface area contributed by atoms with Crippen LogP contribution in [-0.4, -0.2) is 81.3 Å². The van der Waals surface area contributed by atoms with E-state index in [1.807, 2.05) is 41.5 Å². The molecule has 0 aliphatic carbocycles. The monoisotopic (exact) mass is 478 g/mol. The largest absolute Gasteiger partial charge is 0.466 e. The Kier molecular flexibility index (Phi) is 7.27. The van der Waals surface area contributed by atoms with Gasteiger partial charge in [0.05, 0.1) is 30.8 Å². The van der Waals surface area contributed by atoms with Crippen LogP contribution in [0.15, 0.2) is 12.7 Å². The number of hydrogen-bond donors (Lipinski definition) is 1. The summed E-state index contributed by atoms with van der Waals surface area (Å²) >= 11 is 0. The van der Waals surface area contributed by atoms with Gasteiger partial charge in [-0.15, -0.1) is 6.58 Å². The number of amides is 2. The SMILES string of the molecule is C=CCN(C(=O)C1N([C@@H](CO)CC(C)C)C(=O)[C@@H]2[C@@H](C(=O)OCC)[C@@]3(C)CCC12O3)C(C)(C)C. The molecular weight excluding hydrogens is 436 g/mol. The van der Waals surface area contributed by atoms with Crippen LogP contribution >= 0.6 is 0 Å². The molecule has 2 bridgehead atoms. The zero-order chi connectivity index (χ0) is 25.6. The molecule has 1 N–H and O–H groups in total. The summed E-state index contributed by atoms with van der Waals surface area (Å²) < 4.78 is 12.0. The van der Waals surface area contributed by atoms with Crippen molar-refractivity contribution in [3.63, 3.8) is 0 Å². The first-order chi connectivity index (χ1) is 15.8. The maximum atomic E-state index is 14.3. The molecule has 3 aliphatic rings. The average molecular weight is 479 g/mol. The average Bonchev–Trinajstić information content (AvgIpc) is 3.30. The van der Waals surface area contributed by atoms with Crippen molar-refractivity contribution in [2.24, 2.45) is 17.8 Å². The lowest BCUT2D eigenvalue weighted by Crippen LogP contribution is -2.61. The van der Waals surface area contributed by atoms with Crippen LogP contribution in [0, 0.1) is 17.8 Å². The summed E-state index contributed by atoms with van der Waals surface area (Å²) in [5, 5.41) is 10.3. The lowest BCUT2D eigenvalue weighted by molar-refractivity contribution is -0.163. The van der Waals surface area contributed by atoms with Crippen LogP contribution in [0.25, 0.3) is 0 Å². The van der Waals surface area contributed by atoms with Crippen molar-refractivity contribution in [3.05, 3.63) is 12.7 Å². The van der Waals surface area contributed by atoms with Gasteiger partial charge < -0.3 is 24.4 Å². The maximum Gasteiger partial charge on any atom is 0.312 e. The third kappa shape index (κ3) is 4.06. The van der Waals surface area contributed by atoms with Gasteiger partial charge in [-0.1, -0.05) is 19.9 Å². The van der Waals surface area contributed by atoms with Gasteiger partial charge in [-0.3, -0.25) is 14.4 Å². The molecule has 3 fully saturated rings. The van der Waals surface area contributed by atoms with E-state index in [1.165, 1.54) is 0 Å². The van der Waals surface area contributed by atoms with E-state index in [0.29, 0.717) is 25.8 Å². The van der Waals surface area contributed by atoms with Crippen LogP contribution < -0.4 is 0 Å². The Hall–Kier alpha value is -1.93. The molecule has 1 spiro atoms. The topological polar surface area (TPSA) is 96.4 Å². The number of ether oxygens (including phenoxy) is 2. The summed E-state index contributed by atoms with van der Waals surface area (Å²) in [6.07, 6.45) is 3.26. The van der Waals surface area contributed by atoms with Crippen molar-refractivity contribution in [2.75, 3.05) is 19.8 Å². The summed E-state index contributed by atoms with van der Waals surface area (Å²) in [4.78, 5) is 44.7. The van der Waals surface area contributed by atoms with Crippen molar-refractivity contribution < 1.29 is 29.0 Å². The van der Waals surface area contributed by atoms with E-state index in [-0.39, 0.29) is 30.9 Å². The van der Waals surface area contributed by atoms with Gasteiger partial charge in [0.1, 0.15) is 17.6 Å². The van der Waals surface area contributed by atoms with E-state index in [1.54, 1.807) is 22.8 Å². The zero-order valence-corrected chi connectivity index (χ0v) is 21.8. The Morgan fingerprint density at radius 1 is 1.35 bits per heavy atom. The van der Waals surface area contributed by atoms with Gasteiger partial charge in [0.25, 0.3) is 0 Å². The Balaban J connectivity index is 2.17. The second-order valence-corrected chi connectivity index (χ2v) is 11.6. The van der Waals surface area contributed by atoms with Gasteiger partial charge in [0.2, 0.25) is 11.8 Å². The predicted molar refractivity (Wildman–Crippen MR) is 128 cm³/mol. The van der Waals surface area contributed by atoms with Gasteiger partial charge >= 0.3 is 5.97 Å². The molecule has 3 aliphatic heterocycles. The molecule has 0 aromatic rings. The molecule has 0 aromatic heterocycles. The Morgan fingerprint density at radius 3 is 2.50 bits per heavy atom. The van der Waals surface area contributed by atoms with Crippen LogP contribution in [0.5, 0.6) is 0 Å². The minimum Gasteiger partial charge on any atom is -0.466 e. The smallest absolute Gasteiger partial charge is 0.312 e. The third-order valence-electron chi connectivity index (χ3n) is 7.72. The summed E-state index contributed by atoms with van der Waals surface area (Å²) in [7, 11) is 0. The number of aliphatic hydroxyl groups excluding tert-OH is 1. The fourth-order valence-electron chi connectivity index (χ4n) is 6.42. The van der Waals surface area contributed by atoms with Crippen molar-refractivity contribution >= 4 is 17.8 Å². The number of aliphatic hydroxyl groups is 1. The molecular formula is C26H42N2O6. The fraction of sp³-hybridized carbons (Fsp3) is 0.808. The van der Waals surface area contributed by atoms with Crippen LogP contribution in [0.4, 0.5) is 0 Å². The summed E-state index contributed by atoms with van der Waals surface area (Å²) in [5.74, 6) is -2.39. The van der Waals surface area contributed by atoms with E-state index in [9.17, 15) is 19.5 Å². The van der Waals surface area contributed by atoms with Crippen LogP contribution in [-0.2, 0) is 23.9 Å². The summed E-state index contributed by atoms with van der Waals surface area (Å²) in [6.45, 7) is 17.5. The van der Waals surface area contributed by atoms with E-state index in [2.05, 4.69) is 6.58 Å². The molecule has 2 unspecified atom stereocenters. The Bertz CT molecular complexity index is 836. The number of carbonyl (C=O) groups excluding carboxylic acids is 3. The number of fused-ring (bicyclic) bond motifs is 1. The zero-order valence-electron chi connectivity index (χ0n) is 21.8. The van der Waals surface area contributed by atoms with Crippen LogP contribution in [0.2, 0.25) is 0 Å². The number of carbonyl (C=O) groups is 3. The molecule has 0 aromatic carbocycles. The van der Waals surface area contributed by atoms with Crippen molar-refractivity contribution in [1.82, 2.24) is 9.80 Å². The Morgan fingerprint density at radius 2 is 2.00 bits per heavy atom. The molecule has 6 atom stereocenters. The number of esters is 1. The molecule has 3 rings (SSSR count). The normalized spacial score (nSPS) is 33.3. The lowest BCUT2D eigenvalue weighted by Gasteiger charge is -2.43. The first-order valence-corrected chi connectivity index (χ1v) is 12.5. The molecule has 0 saturated carbocycles. The van der Waals surface area contributed by atoms with Gasteiger partial charge in [0, 0.05) is 12.1 Å². The van der Waals surface area contributed by atoms with Crippen LogP contribution in [0.3, 0.4) is 0 Å². The maximum absolute atomic E-state index is 14.3. The second kappa shape index (κ2) is 9.26. The number of likely N-dealkylation sites (tertiary alicyclic amines) is 1. The number of nitrogens with zero attached hydrogens (tertiary/aromatic N) is 2. The first kappa shape index (κ1) is 26.7. The molecule has 34 heavy (non-hydrogen) atoms. The highest BCUT2D eigenvalue weighted by molar-refractivity contribution is 5.99. The predicted octanol–water partition coefficient (Wildman–Crippen LogP) is 2.53. The van der Waals surface area contributed by atoms with Crippen molar-refractivity contribution in [3.8, 4) is 0 Å². The number of hydrogen-bond acceptors (Lipinski definition) is 6. The molecule has 2 amide bonds. The van der Waals surface area contributed by atoms with Crippen LogP contribution in [0.1, 0.15) is 67.7 Å². The van der Waals surface area contributed by atoms with Gasteiger partial charge in [-0.25, -0.2) is 0 Å². The minimum absolute atomic E-state index is 0.196. The molecule has 8 heteroatoms. The van der Waals surface area contributed by atoms with Gasteiger partial charge in [-0.2, -0.15) is 0 Å². The third-order valence-corrected chi connectivity index (χ3v) is 7.72. The lowest BCUT2D eigenvalue weighted by atomic mass is 9.66. The number of rotatable bonds is 9. The Labute approximate surface area is 203 Å². The minimum atomic E-state index is -1.13. The summed E-state index contributed by atoms with van der Waals surface area (Å²) in [5.41, 5.74) is -2.52. The second-order valence-electron chi connectivity index (χ2n) is 11.6.